The van der Waals surface area contributed by atoms with Gasteiger partial charge in [-0.15, -0.1) is 0 Å². The van der Waals surface area contributed by atoms with Crippen molar-refractivity contribution in [2.45, 2.75) is 32.6 Å². The zero-order valence-electron chi connectivity index (χ0n) is 12.9. The van der Waals surface area contributed by atoms with Crippen LogP contribution in [0.4, 0.5) is 0 Å². The molecule has 0 aliphatic carbocycles. The van der Waals surface area contributed by atoms with Gasteiger partial charge >= 0.3 is 0 Å². The summed E-state index contributed by atoms with van der Waals surface area (Å²) in [5.41, 5.74) is 1.47. The van der Waals surface area contributed by atoms with Crippen molar-refractivity contribution in [3.63, 3.8) is 0 Å². The van der Waals surface area contributed by atoms with E-state index < -0.39 is 0 Å². The van der Waals surface area contributed by atoms with Crippen molar-refractivity contribution in [3.05, 3.63) is 28.5 Å². The standard InChI is InChI=1S/C16H23ClN2O2/c1-11(2)14-8-13(9-15(17)18-14)16(20)19(3)10-12-4-6-21-7-5-12/h8-9,11-12H,4-7,10H2,1-3H3. The Morgan fingerprint density at radius 1 is 1.43 bits per heavy atom. The highest BCUT2D eigenvalue weighted by atomic mass is 35.5. The van der Waals surface area contributed by atoms with E-state index in [1.165, 1.54) is 0 Å². The molecule has 1 fully saturated rings. The van der Waals surface area contributed by atoms with Crippen molar-refractivity contribution in [1.82, 2.24) is 9.88 Å². The third kappa shape index (κ3) is 4.42. The molecule has 1 amide bonds. The summed E-state index contributed by atoms with van der Waals surface area (Å²) in [6.07, 6.45) is 2.04. The number of carbonyl (C=O) groups is 1. The summed E-state index contributed by atoms with van der Waals surface area (Å²) in [5.74, 6) is 0.776. The Morgan fingerprint density at radius 2 is 2.10 bits per heavy atom. The molecule has 5 heteroatoms. The van der Waals surface area contributed by atoms with E-state index in [2.05, 4.69) is 4.98 Å². The first-order valence-corrected chi connectivity index (χ1v) is 7.86. The number of rotatable bonds is 4. The van der Waals surface area contributed by atoms with Gasteiger partial charge in [0.15, 0.2) is 0 Å². The van der Waals surface area contributed by atoms with Crippen LogP contribution in [-0.2, 0) is 4.74 Å². The van der Waals surface area contributed by atoms with Crippen LogP contribution in [0.5, 0.6) is 0 Å². The lowest BCUT2D eigenvalue weighted by molar-refractivity contribution is 0.0497. The molecule has 1 aliphatic heterocycles. The third-order valence-corrected chi connectivity index (χ3v) is 4.07. The number of nitrogens with zero attached hydrogens (tertiary/aromatic N) is 2. The van der Waals surface area contributed by atoms with Gasteiger partial charge in [0.2, 0.25) is 0 Å². The fourth-order valence-corrected chi connectivity index (χ4v) is 2.77. The van der Waals surface area contributed by atoms with Gasteiger partial charge in [0, 0.05) is 38.1 Å². The molecule has 4 nitrogen and oxygen atoms in total. The Bertz CT molecular complexity index is 499. The molecule has 0 N–H and O–H groups in total. The van der Waals surface area contributed by atoms with E-state index in [9.17, 15) is 4.79 Å². The van der Waals surface area contributed by atoms with Crippen molar-refractivity contribution >= 4 is 17.5 Å². The van der Waals surface area contributed by atoms with Crippen LogP contribution in [0.1, 0.15) is 48.7 Å². The highest BCUT2D eigenvalue weighted by molar-refractivity contribution is 6.29. The molecule has 1 aliphatic rings. The molecular formula is C16H23ClN2O2. The summed E-state index contributed by atoms with van der Waals surface area (Å²) in [6.45, 7) is 6.44. The van der Waals surface area contributed by atoms with E-state index in [0.29, 0.717) is 16.6 Å². The van der Waals surface area contributed by atoms with Crippen LogP contribution in [0.3, 0.4) is 0 Å². The molecule has 0 unspecified atom stereocenters. The summed E-state index contributed by atoms with van der Waals surface area (Å²) in [7, 11) is 1.85. The molecule has 2 heterocycles. The lowest BCUT2D eigenvalue weighted by Crippen LogP contribution is -2.34. The van der Waals surface area contributed by atoms with E-state index in [1.807, 2.05) is 27.0 Å². The predicted octanol–water partition coefficient (Wildman–Crippen LogP) is 3.36. The van der Waals surface area contributed by atoms with Crippen molar-refractivity contribution in [2.75, 3.05) is 26.8 Å². The molecule has 0 aromatic carbocycles. The summed E-state index contributed by atoms with van der Waals surface area (Å²) in [5, 5.41) is 0.379. The highest BCUT2D eigenvalue weighted by Crippen LogP contribution is 2.20. The second-order valence-corrected chi connectivity index (χ2v) is 6.39. The maximum Gasteiger partial charge on any atom is 0.253 e. The maximum absolute atomic E-state index is 12.6. The Balaban J connectivity index is 2.07. The van der Waals surface area contributed by atoms with Gasteiger partial charge < -0.3 is 9.64 Å². The first kappa shape index (κ1) is 16.2. The average Bonchev–Trinajstić information content (AvgIpc) is 2.46. The molecule has 21 heavy (non-hydrogen) atoms. The lowest BCUT2D eigenvalue weighted by Gasteiger charge is -2.27. The van der Waals surface area contributed by atoms with Crippen molar-refractivity contribution in [3.8, 4) is 0 Å². The minimum absolute atomic E-state index is 0.00712. The molecule has 116 valence electrons. The second kappa shape index (κ2) is 7.23. The molecule has 0 radical (unpaired) electrons. The van der Waals surface area contributed by atoms with E-state index in [0.717, 1.165) is 38.3 Å². The minimum atomic E-state index is 0.00712. The average molecular weight is 311 g/mol. The highest BCUT2D eigenvalue weighted by Gasteiger charge is 2.20. The number of halogens is 1. The van der Waals surface area contributed by atoms with Crippen LogP contribution >= 0.6 is 11.6 Å². The molecule has 0 atom stereocenters. The fourth-order valence-electron chi connectivity index (χ4n) is 2.56. The number of aromatic nitrogens is 1. The first-order chi connectivity index (χ1) is 9.97. The number of hydrogen-bond acceptors (Lipinski definition) is 3. The quantitative estimate of drug-likeness (QED) is 0.801. The van der Waals surface area contributed by atoms with Gasteiger partial charge in [-0.25, -0.2) is 4.98 Å². The van der Waals surface area contributed by atoms with Gasteiger partial charge in [-0.1, -0.05) is 25.4 Å². The molecule has 1 aromatic rings. The molecule has 1 saturated heterocycles. The van der Waals surface area contributed by atoms with Gasteiger partial charge in [-0.05, 0) is 36.8 Å². The monoisotopic (exact) mass is 310 g/mol. The number of amides is 1. The fraction of sp³-hybridized carbons (Fsp3) is 0.625. The topological polar surface area (TPSA) is 42.4 Å². The van der Waals surface area contributed by atoms with Gasteiger partial charge in [0.25, 0.3) is 5.91 Å². The maximum atomic E-state index is 12.6. The van der Waals surface area contributed by atoms with Crippen LogP contribution in [-0.4, -0.2) is 42.6 Å². The van der Waals surface area contributed by atoms with Crippen LogP contribution < -0.4 is 0 Å². The van der Waals surface area contributed by atoms with Gasteiger partial charge in [-0.2, -0.15) is 0 Å². The van der Waals surface area contributed by atoms with Crippen molar-refractivity contribution in [1.29, 1.82) is 0 Å². The smallest absolute Gasteiger partial charge is 0.253 e. The van der Waals surface area contributed by atoms with E-state index in [-0.39, 0.29) is 11.8 Å². The van der Waals surface area contributed by atoms with Crippen LogP contribution in [0.15, 0.2) is 12.1 Å². The number of carbonyl (C=O) groups excluding carboxylic acids is 1. The third-order valence-electron chi connectivity index (χ3n) is 3.87. The summed E-state index contributed by atoms with van der Waals surface area (Å²) in [4.78, 5) is 18.6. The van der Waals surface area contributed by atoms with E-state index in [1.54, 1.807) is 11.0 Å². The Labute approximate surface area is 131 Å². The Morgan fingerprint density at radius 3 is 2.71 bits per heavy atom. The number of hydrogen-bond donors (Lipinski definition) is 0. The molecular weight excluding hydrogens is 288 g/mol. The first-order valence-electron chi connectivity index (χ1n) is 7.48. The van der Waals surface area contributed by atoms with Crippen LogP contribution in [0, 0.1) is 5.92 Å². The Hall–Kier alpha value is -1.13. The van der Waals surface area contributed by atoms with Gasteiger partial charge in [0.1, 0.15) is 5.15 Å². The van der Waals surface area contributed by atoms with Crippen LogP contribution in [0.2, 0.25) is 5.15 Å². The number of ether oxygens (including phenoxy) is 1. The largest absolute Gasteiger partial charge is 0.381 e. The molecule has 2 rings (SSSR count). The normalized spacial score (nSPS) is 16.2. The molecule has 0 saturated carbocycles. The lowest BCUT2D eigenvalue weighted by atomic mass is 9.99. The second-order valence-electron chi connectivity index (χ2n) is 6.00. The summed E-state index contributed by atoms with van der Waals surface area (Å²) >= 11 is 6.04. The van der Waals surface area contributed by atoms with Crippen molar-refractivity contribution < 1.29 is 9.53 Å². The van der Waals surface area contributed by atoms with Crippen molar-refractivity contribution in [2.24, 2.45) is 5.92 Å². The minimum Gasteiger partial charge on any atom is -0.381 e. The molecule has 0 spiro atoms. The number of pyridine rings is 1. The molecule has 0 bridgehead atoms. The zero-order valence-corrected chi connectivity index (χ0v) is 13.7. The molecule has 1 aromatic heterocycles. The van der Waals surface area contributed by atoms with Gasteiger partial charge in [0.05, 0.1) is 0 Å². The SMILES string of the molecule is CC(C)c1cc(C(=O)N(C)CC2CCOCC2)cc(Cl)n1. The Kier molecular flexibility index (Phi) is 5.59. The van der Waals surface area contributed by atoms with E-state index in [4.69, 9.17) is 16.3 Å². The summed E-state index contributed by atoms with van der Waals surface area (Å²) in [6, 6.07) is 3.50. The van der Waals surface area contributed by atoms with E-state index >= 15 is 0 Å². The van der Waals surface area contributed by atoms with Gasteiger partial charge in [-0.3, -0.25) is 4.79 Å². The summed E-state index contributed by atoms with van der Waals surface area (Å²) < 4.78 is 5.36. The predicted molar refractivity (Wildman–Crippen MR) is 83.8 cm³/mol. The van der Waals surface area contributed by atoms with Crippen LogP contribution in [0.25, 0.3) is 0 Å². The zero-order chi connectivity index (χ0) is 15.4.